The van der Waals surface area contributed by atoms with Crippen LogP contribution in [0, 0.1) is 0 Å². The molecule has 0 aliphatic carbocycles. The van der Waals surface area contributed by atoms with Crippen molar-refractivity contribution in [3.8, 4) is 0 Å². The van der Waals surface area contributed by atoms with Gasteiger partial charge in [-0.05, 0) is 28.8 Å². The maximum Gasteiger partial charge on any atom is 0.186 e. The average Bonchev–Trinajstić information content (AvgIpc) is 2.57. The Morgan fingerprint density at radius 2 is 1.05 bits per heavy atom. The molecule has 0 heterocycles. The molecule has 3 rings (SSSR count). The molecule has 0 saturated carbocycles. The largest absolute Gasteiger partial charge is 0.302 e. The molecule has 1 N–H and O–H groups in total. The van der Waals surface area contributed by atoms with Crippen LogP contribution < -0.4 is 0 Å². The topological polar surface area (TPSA) is 37.3 Å². The minimum absolute atomic E-state index is 0.114. The fourth-order valence-corrected chi connectivity index (χ4v) is 3.01. The molecular weight excluding hydrogens is 292 g/mol. The van der Waals surface area contributed by atoms with E-state index >= 15 is 0 Å². The second kappa shape index (κ2) is 6.69. The Kier molecular flexibility index (Phi) is 4.47. The maximum atomic E-state index is 11.1. The zero-order valence-electron chi connectivity index (χ0n) is 11.9. The van der Waals surface area contributed by atoms with E-state index < -0.39 is 11.1 Å². The molecular formula is C19H16O2S. The van der Waals surface area contributed by atoms with E-state index in [4.69, 9.17) is 4.55 Å². The Hall–Kier alpha value is -2.23. The Morgan fingerprint density at radius 3 is 1.45 bits per heavy atom. The third-order valence-electron chi connectivity index (χ3n) is 3.68. The number of hydrogen-bond donors (Lipinski definition) is 1. The molecule has 0 spiro atoms. The summed E-state index contributed by atoms with van der Waals surface area (Å²) in [6, 6.07) is 27.8. The van der Waals surface area contributed by atoms with Gasteiger partial charge < -0.3 is 4.55 Å². The van der Waals surface area contributed by atoms with E-state index in [-0.39, 0.29) is 5.92 Å². The van der Waals surface area contributed by atoms with Gasteiger partial charge in [-0.1, -0.05) is 72.8 Å². The standard InChI is InChI=1S/C19H16O2S/c20-22(21)18-13-11-17(12-14-18)19(15-7-3-1-4-8-15)16-9-5-2-6-10-16/h1-14,19H,(H,20,21). The van der Waals surface area contributed by atoms with Gasteiger partial charge in [0.1, 0.15) is 0 Å². The van der Waals surface area contributed by atoms with Crippen molar-refractivity contribution in [3.63, 3.8) is 0 Å². The molecule has 0 aliphatic heterocycles. The zero-order chi connectivity index (χ0) is 15.4. The molecule has 3 aromatic rings. The van der Waals surface area contributed by atoms with E-state index in [0.29, 0.717) is 4.90 Å². The van der Waals surface area contributed by atoms with Crippen LogP contribution in [0.4, 0.5) is 0 Å². The molecule has 0 aliphatic rings. The van der Waals surface area contributed by atoms with E-state index in [0.717, 1.165) is 5.56 Å². The Bertz CT molecular complexity index is 713. The number of hydrogen-bond acceptors (Lipinski definition) is 1. The van der Waals surface area contributed by atoms with Gasteiger partial charge in [0.25, 0.3) is 0 Å². The number of benzene rings is 3. The first-order chi connectivity index (χ1) is 10.8. The van der Waals surface area contributed by atoms with Gasteiger partial charge in [0.2, 0.25) is 0 Å². The monoisotopic (exact) mass is 308 g/mol. The van der Waals surface area contributed by atoms with Crippen LogP contribution in [0.15, 0.2) is 89.8 Å². The zero-order valence-corrected chi connectivity index (χ0v) is 12.7. The molecule has 0 saturated heterocycles. The van der Waals surface area contributed by atoms with E-state index in [2.05, 4.69) is 24.3 Å². The molecule has 0 bridgehead atoms. The van der Waals surface area contributed by atoms with Crippen LogP contribution in [0.25, 0.3) is 0 Å². The Morgan fingerprint density at radius 1 is 0.636 bits per heavy atom. The summed E-state index contributed by atoms with van der Waals surface area (Å²) < 4.78 is 20.3. The summed E-state index contributed by atoms with van der Waals surface area (Å²) in [5.41, 5.74) is 3.50. The van der Waals surface area contributed by atoms with Crippen molar-refractivity contribution in [2.75, 3.05) is 0 Å². The predicted molar refractivity (Wildman–Crippen MR) is 89.3 cm³/mol. The smallest absolute Gasteiger partial charge is 0.186 e. The van der Waals surface area contributed by atoms with Gasteiger partial charge in [0.05, 0.1) is 4.90 Å². The summed E-state index contributed by atoms with van der Waals surface area (Å²) in [4.78, 5) is 0.420. The summed E-state index contributed by atoms with van der Waals surface area (Å²) in [6.45, 7) is 0. The number of rotatable bonds is 4. The van der Waals surface area contributed by atoms with Crippen molar-refractivity contribution in [3.05, 3.63) is 102 Å². The first-order valence-corrected chi connectivity index (χ1v) is 8.17. The highest BCUT2D eigenvalue weighted by Crippen LogP contribution is 2.31. The quantitative estimate of drug-likeness (QED) is 0.571. The molecule has 110 valence electrons. The predicted octanol–water partition coefficient (Wildman–Crippen LogP) is 4.45. The fraction of sp³-hybridized carbons (Fsp3) is 0.0526. The second-order valence-electron chi connectivity index (χ2n) is 5.07. The molecule has 2 nitrogen and oxygen atoms in total. The minimum atomic E-state index is -1.94. The Labute approximate surface area is 132 Å². The molecule has 22 heavy (non-hydrogen) atoms. The SMILES string of the molecule is O=S(O)c1ccc(C(c2ccccc2)c2ccccc2)cc1. The lowest BCUT2D eigenvalue weighted by Crippen LogP contribution is -2.03. The normalized spacial score (nSPS) is 12.3. The summed E-state index contributed by atoms with van der Waals surface area (Å²) >= 11 is -1.94. The molecule has 1 atom stereocenters. The first-order valence-electron chi connectivity index (χ1n) is 7.06. The van der Waals surface area contributed by atoms with Crippen molar-refractivity contribution in [1.29, 1.82) is 0 Å². The van der Waals surface area contributed by atoms with Crippen molar-refractivity contribution < 1.29 is 8.76 Å². The van der Waals surface area contributed by atoms with Crippen LogP contribution in [-0.2, 0) is 11.1 Å². The second-order valence-corrected chi connectivity index (χ2v) is 6.04. The lowest BCUT2D eigenvalue weighted by atomic mass is 9.85. The van der Waals surface area contributed by atoms with Gasteiger partial charge in [-0.25, -0.2) is 4.21 Å². The van der Waals surface area contributed by atoms with Crippen LogP contribution in [0.3, 0.4) is 0 Å². The fourth-order valence-electron chi connectivity index (χ4n) is 2.65. The van der Waals surface area contributed by atoms with Gasteiger partial charge in [0, 0.05) is 5.92 Å². The van der Waals surface area contributed by atoms with Crippen molar-refractivity contribution in [1.82, 2.24) is 0 Å². The van der Waals surface area contributed by atoms with Crippen LogP contribution >= 0.6 is 0 Å². The minimum Gasteiger partial charge on any atom is -0.302 e. The lowest BCUT2D eigenvalue weighted by Gasteiger charge is -2.19. The van der Waals surface area contributed by atoms with Crippen LogP contribution in [-0.4, -0.2) is 8.76 Å². The lowest BCUT2D eigenvalue weighted by molar-refractivity contribution is 0.564. The van der Waals surface area contributed by atoms with Gasteiger partial charge in [-0.2, -0.15) is 0 Å². The van der Waals surface area contributed by atoms with Gasteiger partial charge in [0.15, 0.2) is 11.1 Å². The third kappa shape index (κ3) is 3.16. The molecule has 0 fully saturated rings. The first kappa shape index (κ1) is 14.7. The van der Waals surface area contributed by atoms with Crippen LogP contribution in [0.5, 0.6) is 0 Å². The summed E-state index contributed by atoms with van der Waals surface area (Å²) in [5, 5.41) is 0. The van der Waals surface area contributed by atoms with Crippen LogP contribution in [0.2, 0.25) is 0 Å². The molecule has 3 heteroatoms. The molecule has 0 aromatic heterocycles. The summed E-state index contributed by atoms with van der Waals surface area (Å²) in [7, 11) is 0. The average molecular weight is 308 g/mol. The molecule has 0 amide bonds. The highest BCUT2D eigenvalue weighted by atomic mass is 32.2. The van der Waals surface area contributed by atoms with Crippen LogP contribution in [0.1, 0.15) is 22.6 Å². The van der Waals surface area contributed by atoms with E-state index in [1.165, 1.54) is 11.1 Å². The highest BCUT2D eigenvalue weighted by molar-refractivity contribution is 7.79. The van der Waals surface area contributed by atoms with Crippen molar-refractivity contribution in [2.24, 2.45) is 0 Å². The highest BCUT2D eigenvalue weighted by Gasteiger charge is 2.16. The Balaban J connectivity index is 2.08. The van der Waals surface area contributed by atoms with Gasteiger partial charge in [-0.3, -0.25) is 0 Å². The third-order valence-corrected chi connectivity index (χ3v) is 4.36. The summed E-state index contributed by atoms with van der Waals surface area (Å²) in [6.07, 6.45) is 0. The van der Waals surface area contributed by atoms with E-state index in [1.54, 1.807) is 12.1 Å². The van der Waals surface area contributed by atoms with Gasteiger partial charge >= 0.3 is 0 Å². The van der Waals surface area contributed by atoms with Crippen molar-refractivity contribution in [2.45, 2.75) is 10.8 Å². The summed E-state index contributed by atoms with van der Waals surface area (Å²) in [5.74, 6) is 0.114. The van der Waals surface area contributed by atoms with Crippen molar-refractivity contribution >= 4 is 11.1 Å². The van der Waals surface area contributed by atoms with Gasteiger partial charge in [-0.15, -0.1) is 0 Å². The van der Waals surface area contributed by atoms with E-state index in [9.17, 15) is 4.21 Å². The molecule has 0 radical (unpaired) electrons. The maximum absolute atomic E-state index is 11.1. The van der Waals surface area contributed by atoms with E-state index in [1.807, 2.05) is 48.5 Å². The molecule has 3 aromatic carbocycles. The molecule has 1 unspecified atom stereocenters.